The molecule has 98 valence electrons. The van der Waals surface area contributed by atoms with E-state index in [0.717, 1.165) is 12.0 Å². The first-order chi connectivity index (χ1) is 8.58. The zero-order chi connectivity index (χ0) is 13.5. The Morgan fingerprint density at radius 1 is 1.39 bits per heavy atom. The number of anilines is 1. The summed E-state index contributed by atoms with van der Waals surface area (Å²) in [6, 6.07) is 5.02. The van der Waals surface area contributed by atoms with Crippen molar-refractivity contribution in [1.82, 2.24) is 0 Å². The van der Waals surface area contributed by atoms with Gasteiger partial charge in [0.2, 0.25) is 5.91 Å². The number of hydrogen-bond acceptors (Lipinski definition) is 3. The maximum absolute atomic E-state index is 11.5. The molecule has 0 aliphatic heterocycles. The van der Waals surface area contributed by atoms with E-state index in [2.05, 4.69) is 5.32 Å². The molecule has 0 saturated heterocycles. The second kappa shape index (κ2) is 6.76. The van der Waals surface area contributed by atoms with Crippen LogP contribution in [0.4, 0.5) is 5.69 Å². The number of aryl methyl sites for hydroxylation is 1. The fraction of sp³-hybridized carbons (Fsp3) is 0.385. The van der Waals surface area contributed by atoms with Gasteiger partial charge in [-0.05, 0) is 37.1 Å². The van der Waals surface area contributed by atoms with Crippen molar-refractivity contribution in [2.75, 3.05) is 11.9 Å². The molecule has 0 atom stereocenters. The van der Waals surface area contributed by atoms with Crippen LogP contribution in [-0.2, 0) is 11.2 Å². The lowest BCUT2D eigenvalue weighted by molar-refractivity contribution is -0.116. The summed E-state index contributed by atoms with van der Waals surface area (Å²) in [5, 5.41) is 11.7. The normalized spacial score (nSPS) is 10.1. The molecule has 0 unspecified atom stereocenters. The van der Waals surface area contributed by atoms with E-state index in [0.29, 0.717) is 25.1 Å². The third-order valence-corrected chi connectivity index (χ3v) is 2.60. The van der Waals surface area contributed by atoms with E-state index in [9.17, 15) is 9.59 Å². The molecule has 5 heteroatoms. The van der Waals surface area contributed by atoms with Crippen molar-refractivity contribution in [2.24, 2.45) is 5.73 Å². The maximum Gasteiger partial charge on any atom is 0.337 e. The number of amides is 1. The predicted octanol–water partition coefficient (Wildman–Crippen LogP) is 1.62. The van der Waals surface area contributed by atoms with Crippen LogP contribution in [0, 0.1) is 0 Å². The number of rotatable bonds is 6. The molecule has 0 saturated carbocycles. The lowest BCUT2D eigenvalue weighted by Gasteiger charge is -2.09. The van der Waals surface area contributed by atoms with Crippen molar-refractivity contribution in [3.8, 4) is 0 Å². The standard InChI is InChI=1S/C13H18N2O3/c1-2-9-5-6-11(10(8-9)13(17)18)15-12(16)4-3-7-14/h5-6,8H,2-4,7,14H2,1H3,(H,15,16)(H,17,18). The van der Waals surface area contributed by atoms with Gasteiger partial charge < -0.3 is 16.2 Å². The lowest BCUT2D eigenvalue weighted by atomic mass is 10.1. The second-order valence-corrected chi connectivity index (χ2v) is 3.98. The van der Waals surface area contributed by atoms with Gasteiger partial charge in [0.25, 0.3) is 0 Å². The number of carboxylic acid groups (broad SMARTS) is 1. The second-order valence-electron chi connectivity index (χ2n) is 3.98. The van der Waals surface area contributed by atoms with E-state index >= 15 is 0 Å². The number of aromatic carboxylic acids is 1. The molecule has 0 aliphatic carbocycles. The summed E-state index contributed by atoms with van der Waals surface area (Å²) in [6.45, 7) is 2.38. The van der Waals surface area contributed by atoms with Crippen LogP contribution in [0.2, 0.25) is 0 Å². The minimum atomic E-state index is -1.04. The Balaban J connectivity index is 2.87. The topological polar surface area (TPSA) is 92.4 Å². The Bertz CT molecular complexity index is 444. The predicted molar refractivity (Wildman–Crippen MR) is 69.7 cm³/mol. The molecule has 1 aromatic rings. The largest absolute Gasteiger partial charge is 0.478 e. The molecule has 4 N–H and O–H groups in total. The van der Waals surface area contributed by atoms with Crippen molar-refractivity contribution in [3.05, 3.63) is 29.3 Å². The van der Waals surface area contributed by atoms with Crippen LogP contribution in [-0.4, -0.2) is 23.5 Å². The van der Waals surface area contributed by atoms with Crippen molar-refractivity contribution in [1.29, 1.82) is 0 Å². The van der Waals surface area contributed by atoms with E-state index in [1.807, 2.05) is 13.0 Å². The number of hydrogen-bond donors (Lipinski definition) is 3. The van der Waals surface area contributed by atoms with Gasteiger partial charge in [-0.3, -0.25) is 4.79 Å². The first kappa shape index (κ1) is 14.2. The quantitative estimate of drug-likeness (QED) is 0.715. The zero-order valence-corrected chi connectivity index (χ0v) is 10.4. The number of nitrogens with two attached hydrogens (primary N) is 1. The maximum atomic E-state index is 11.5. The van der Waals surface area contributed by atoms with Gasteiger partial charge in [-0.15, -0.1) is 0 Å². The smallest absolute Gasteiger partial charge is 0.337 e. The monoisotopic (exact) mass is 250 g/mol. The van der Waals surface area contributed by atoms with Crippen LogP contribution in [0.25, 0.3) is 0 Å². The van der Waals surface area contributed by atoms with Crippen molar-refractivity contribution in [2.45, 2.75) is 26.2 Å². The average Bonchev–Trinajstić information content (AvgIpc) is 2.36. The van der Waals surface area contributed by atoms with E-state index in [1.165, 1.54) is 0 Å². The summed E-state index contributed by atoms with van der Waals surface area (Å²) >= 11 is 0. The minimum absolute atomic E-state index is 0.121. The van der Waals surface area contributed by atoms with Crippen molar-refractivity contribution in [3.63, 3.8) is 0 Å². The molecule has 0 fully saturated rings. The van der Waals surface area contributed by atoms with Gasteiger partial charge in [0, 0.05) is 6.42 Å². The zero-order valence-electron chi connectivity index (χ0n) is 10.4. The van der Waals surface area contributed by atoms with Gasteiger partial charge >= 0.3 is 5.97 Å². The molecular weight excluding hydrogens is 232 g/mol. The number of carbonyl (C=O) groups is 2. The molecule has 18 heavy (non-hydrogen) atoms. The van der Waals surface area contributed by atoms with Crippen LogP contribution >= 0.6 is 0 Å². The first-order valence-electron chi connectivity index (χ1n) is 5.94. The SMILES string of the molecule is CCc1ccc(NC(=O)CCCN)c(C(=O)O)c1. The molecule has 0 spiro atoms. The fourth-order valence-electron chi connectivity index (χ4n) is 1.57. The number of carboxylic acids is 1. The Morgan fingerprint density at radius 3 is 2.67 bits per heavy atom. The Hall–Kier alpha value is -1.88. The van der Waals surface area contributed by atoms with Gasteiger partial charge in [0.1, 0.15) is 0 Å². The average molecular weight is 250 g/mol. The molecule has 0 radical (unpaired) electrons. The highest BCUT2D eigenvalue weighted by molar-refractivity contribution is 6.00. The molecule has 1 rings (SSSR count). The van der Waals surface area contributed by atoms with Crippen LogP contribution in [0.1, 0.15) is 35.7 Å². The third-order valence-electron chi connectivity index (χ3n) is 2.60. The first-order valence-corrected chi connectivity index (χ1v) is 5.94. The van der Waals surface area contributed by atoms with Crippen molar-refractivity contribution >= 4 is 17.6 Å². The Kier molecular flexibility index (Phi) is 5.32. The van der Waals surface area contributed by atoms with Gasteiger partial charge in [0.05, 0.1) is 11.3 Å². The summed E-state index contributed by atoms with van der Waals surface area (Å²) in [5.74, 6) is -1.26. The van der Waals surface area contributed by atoms with Crippen LogP contribution in [0.15, 0.2) is 18.2 Å². The number of carbonyl (C=O) groups excluding carboxylic acids is 1. The van der Waals surface area contributed by atoms with Crippen molar-refractivity contribution < 1.29 is 14.7 Å². The molecule has 1 aromatic carbocycles. The Morgan fingerprint density at radius 2 is 2.11 bits per heavy atom. The van der Waals surface area contributed by atoms with Crippen LogP contribution in [0.5, 0.6) is 0 Å². The van der Waals surface area contributed by atoms with Gasteiger partial charge in [0.15, 0.2) is 0 Å². The molecule has 0 heterocycles. The highest BCUT2D eigenvalue weighted by atomic mass is 16.4. The van der Waals surface area contributed by atoms with Crippen LogP contribution < -0.4 is 11.1 Å². The summed E-state index contributed by atoms with van der Waals surface area (Å²) < 4.78 is 0. The third kappa shape index (κ3) is 3.85. The van der Waals surface area contributed by atoms with Gasteiger partial charge in [-0.25, -0.2) is 4.79 Å². The molecule has 0 bridgehead atoms. The number of benzene rings is 1. The molecule has 0 aliphatic rings. The summed E-state index contributed by atoms with van der Waals surface area (Å²) in [6.07, 6.45) is 1.63. The Labute approximate surface area is 106 Å². The van der Waals surface area contributed by atoms with Gasteiger partial charge in [-0.1, -0.05) is 13.0 Å². The number of nitrogens with one attached hydrogen (secondary N) is 1. The highest BCUT2D eigenvalue weighted by Crippen LogP contribution is 2.18. The van der Waals surface area contributed by atoms with E-state index in [1.54, 1.807) is 12.1 Å². The highest BCUT2D eigenvalue weighted by Gasteiger charge is 2.12. The summed E-state index contributed by atoms with van der Waals surface area (Å²) in [4.78, 5) is 22.7. The van der Waals surface area contributed by atoms with Crippen LogP contribution in [0.3, 0.4) is 0 Å². The molecule has 0 aromatic heterocycles. The minimum Gasteiger partial charge on any atom is -0.478 e. The molecular formula is C13H18N2O3. The van der Waals surface area contributed by atoms with Gasteiger partial charge in [-0.2, -0.15) is 0 Å². The van der Waals surface area contributed by atoms with E-state index in [4.69, 9.17) is 10.8 Å². The van der Waals surface area contributed by atoms with E-state index in [-0.39, 0.29) is 11.5 Å². The van der Waals surface area contributed by atoms with E-state index < -0.39 is 5.97 Å². The summed E-state index contributed by atoms with van der Waals surface area (Å²) in [5.41, 5.74) is 6.69. The summed E-state index contributed by atoms with van der Waals surface area (Å²) in [7, 11) is 0. The lowest BCUT2D eigenvalue weighted by Crippen LogP contribution is -2.16. The molecule has 1 amide bonds. The fourth-order valence-corrected chi connectivity index (χ4v) is 1.57. The molecule has 5 nitrogen and oxygen atoms in total.